The first-order valence-corrected chi connectivity index (χ1v) is 23.1. The summed E-state index contributed by atoms with van der Waals surface area (Å²) < 4.78 is 9.03. The van der Waals surface area contributed by atoms with Gasteiger partial charge in [0.15, 0.2) is 17.5 Å². The number of pyridine rings is 1. The molecule has 0 N–H and O–H groups in total. The maximum Gasteiger partial charge on any atom is 0.166 e. The highest BCUT2D eigenvalue weighted by Gasteiger charge is 2.23. The fourth-order valence-corrected chi connectivity index (χ4v) is 9.69. The molecule has 69 heavy (non-hydrogen) atoms. The molecular formula is C63H43N5O. The van der Waals surface area contributed by atoms with Gasteiger partial charge in [0.05, 0.1) is 16.7 Å². The van der Waals surface area contributed by atoms with Gasteiger partial charge >= 0.3 is 0 Å². The lowest BCUT2D eigenvalue weighted by molar-refractivity contribution is 0.669. The summed E-state index contributed by atoms with van der Waals surface area (Å²) >= 11 is 0. The Kier molecular flexibility index (Phi) is 10.5. The number of rotatable bonds is 10. The third kappa shape index (κ3) is 7.32. The highest BCUT2D eigenvalue weighted by atomic mass is 16.3. The van der Waals surface area contributed by atoms with E-state index in [-0.39, 0.29) is 0 Å². The van der Waals surface area contributed by atoms with Crippen molar-refractivity contribution in [2.75, 3.05) is 0 Å². The number of fused-ring (bicyclic) bond motifs is 7. The number of hydrogen-bond donors (Lipinski definition) is 0. The Morgan fingerprint density at radius 2 is 1.14 bits per heavy atom. The molecular weight excluding hydrogens is 843 g/mol. The Hall–Kier alpha value is -9.26. The van der Waals surface area contributed by atoms with Crippen LogP contribution in [0.2, 0.25) is 0 Å². The lowest BCUT2D eigenvalue weighted by atomic mass is 9.87. The highest BCUT2D eigenvalue weighted by Crippen LogP contribution is 2.45. The molecule has 12 aromatic rings. The number of allylic oxidation sites excluding steroid dienone is 5. The molecule has 0 saturated carbocycles. The molecule has 0 saturated heterocycles. The zero-order valence-electron chi connectivity index (χ0n) is 37.8. The van der Waals surface area contributed by atoms with Gasteiger partial charge in [-0.05, 0) is 89.3 Å². The van der Waals surface area contributed by atoms with Gasteiger partial charge in [0, 0.05) is 61.3 Å². The molecule has 0 amide bonds. The molecule has 0 aliphatic carbocycles. The summed E-state index contributed by atoms with van der Waals surface area (Å²) in [7, 11) is 0. The van der Waals surface area contributed by atoms with Crippen LogP contribution in [-0.4, -0.2) is 24.5 Å². The van der Waals surface area contributed by atoms with E-state index < -0.39 is 0 Å². The maximum atomic E-state index is 6.69. The standard InChI is InChI=1S/C63H43N5O/c1-3-5-21-41(4-2)61-65-62(44-26-14-8-15-27-44)67-63(66-61)52-39-46(57-48(42-22-10-6-11-23-42)31-20-32-49(57)43-24-12-7-13-25-43)40-64-60(52)45-34-36-55-51(38-45)59-56(69-55)37-35-54-58(59)50-30-18-19-33-53(50)68(54)47-28-16-9-17-29-47/h3-40H,2H2,1H3/b5-3-,41-21+. The molecule has 0 aliphatic heterocycles. The third-order valence-corrected chi connectivity index (χ3v) is 12.8. The predicted molar refractivity (Wildman–Crippen MR) is 285 cm³/mol. The molecule has 0 fully saturated rings. The lowest BCUT2D eigenvalue weighted by Crippen LogP contribution is -2.04. The van der Waals surface area contributed by atoms with Gasteiger partial charge in [-0.3, -0.25) is 4.98 Å². The fraction of sp³-hybridized carbons (Fsp3) is 0.0159. The van der Waals surface area contributed by atoms with Gasteiger partial charge in [-0.2, -0.15) is 0 Å². The van der Waals surface area contributed by atoms with Crippen molar-refractivity contribution in [1.82, 2.24) is 24.5 Å². The van der Waals surface area contributed by atoms with Crippen molar-refractivity contribution in [1.29, 1.82) is 0 Å². The quantitative estimate of drug-likeness (QED) is 0.128. The van der Waals surface area contributed by atoms with Crippen molar-refractivity contribution in [2.24, 2.45) is 0 Å². The number of benzene rings is 8. The van der Waals surface area contributed by atoms with Crippen LogP contribution < -0.4 is 0 Å². The minimum absolute atomic E-state index is 0.486. The molecule has 0 radical (unpaired) electrons. The van der Waals surface area contributed by atoms with Gasteiger partial charge in [-0.25, -0.2) is 15.0 Å². The summed E-state index contributed by atoms with van der Waals surface area (Å²) in [4.78, 5) is 21.1. The van der Waals surface area contributed by atoms with Crippen molar-refractivity contribution < 1.29 is 4.42 Å². The average Bonchev–Trinajstić information content (AvgIpc) is 3.97. The molecule has 0 bridgehead atoms. The van der Waals surface area contributed by atoms with E-state index in [9.17, 15) is 0 Å². The molecule has 326 valence electrons. The van der Waals surface area contributed by atoms with Crippen molar-refractivity contribution in [2.45, 2.75) is 6.92 Å². The fourth-order valence-electron chi connectivity index (χ4n) is 9.69. The molecule has 4 aromatic heterocycles. The van der Waals surface area contributed by atoms with Gasteiger partial charge in [0.1, 0.15) is 11.2 Å². The van der Waals surface area contributed by atoms with Crippen LogP contribution in [0.1, 0.15) is 12.7 Å². The van der Waals surface area contributed by atoms with Gasteiger partial charge in [0.2, 0.25) is 0 Å². The van der Waals surface area contributed by atoms with Gasteiger partial charge in [-0.1, -0.05) is 176 Å². The largest absolute Gasteiger partial charge is 0.456 e. The van der Waals surface area contributed by atoms with E-state index in [0.29, 0.717) is 17.5 Å². The monoisotopic (exact) mass is 885 g/mol. The minimum Gasteiger partial charge on any atom is -0.456 e. The molecule has 6 heteroatoms. The average molecular weight is 886 g/mol. The van der Waals surface area contributed by atoms with Crippen LogP contribution in [0.15, 0.2) is 242 Å². The lowest BCUT2D eigenvalue weighted by Gasteiger charge is -2.18. The second-order valence-electron chi connectivity index (χ2n) is 16.9. The number of nitrogens with zero attached hydrogens (tertiary/aromatic N) is 5. The number of hydrogen-bond acceptors (Lipinski definition) is 5. The number of para-hydroxylation sites is 2. The van der Waals surface area contributed by atoms with E-state index in [4.69, 9.17) is 24.4 Å². The normalized spacial score (nSPS) is 11.9. The van der Waals surface area contributed by atoms with Crippen LogP contribution in [0.25, 0.3) is 122 Å². The summed E-state index contributed by atoms with van der Waals surface area (Å²) in [5.74, 6) is 1.54. The molecule has 6 nitrogen and oxygen atoms in total. The highest BCUT2D eigenvalue weighted by molar-refractivity contribution is 6.27. The van der Waals surface area contributed by atoms with Crippen molar-refractivity contribution >= 4 is 49.3 Å². The number of aromatic nitrogens is 5. The molecule has 12 rings (SSSR count). The van der Waals surface area contributed by atoms with Crippen molar-refractivity contribution in [3.63, 3.8) is 0 Å². The van der Waals surface area contributed by atoms with Crippen molar-refractivity contribution in [3.05, 3.63) is 243 Å². The van der Waals surface area contributed by atoms with E-state index in [0.717, 1.165) is 111 Å². The first-order chi connectivity index (χ1) is 34.1. The number of furan rings is 1. The molecule has 0 unspecified atom stereocenters. The molecule has 0 atom stereocenters. The molecule has 4 heterocycles. The van der Waals surface area contributed by atoms with Crippen LogP contribution in [0.3, 0.4) is 0 Å². The van der Waals surface area contributed by atoms with Crippen LogP contribution in [0.4, 0.5) is 0 Å². The molecule has 0 aliphatic rings. The Morgan fingerprint density at radius 1 is 0.507 bits per heavy atom. The van der Waals surface area contributed by atoms with Gasteiger partial charge in [0.25, 0.3) is 0 Å². The second kappa shape index (κ2) is 17.5. The van der Waals surface area contributed by atoms with E-state index in [2.05, 4.69) is 181 Å². The predicted octanol–water partition coefficient (Wildman–Crippen LogP) is 16.4. The SMILES string of the molecule is C=C/C(=C\C=C/C)c1nc(-c2ccccc2)nc(-c2cc(-c3c(-c4ccccc4)cccc3-c3ccccc3)cnc2-c2ccc3oc4ccc5c(c6ccccc6n5-c5ccccc5)c4c3c2)n1. The Balaban J connectivity index is 1.15. The zero-order valence-corrected chi connectivity index (χ0v) is 37.8. The van der Waals surface area contributed by atoms with E-state index in [1.165, 1.54) is 0 Å². The van der Waals surface area contributed by atoms with Crippen molar-refractivity contribution in [3.8, 4) is 73.1 Å². The summed E-state index contributed by atoms with van der Waals surface area (Å²) in [6.07, 6.45) is 9.72. The minimum atomic E-state index is 0.486. The van der Waals surface area contributed by atoms with Crippen LogP contribution in [-0.2, 0) is 0 Å². The Labute approximate surface area is 399 Å². The zero-order chi connectivity index (χ0) is 46.3. The topological polar surface area (TPSA) is 69.6 Å². The Morgan fingerprint density at radius 3 is 1.84 bits per heavy atom. The van der Waals surface area contributed by atoms with Crippen LogP contribution >= 0.6 is 0 Å². The maximum absolute atomic E-state index is 6.69. The molecule has 8 aromatic carbocycles. The summed E-state index contributed by atoms with van der Waals surface area (Å²) in [6.45, 7) is 6.16. The van der Waals surface area contributed by atoms with Crippen LogP contribution in [0.5, 0.6) is 0 Å². The summed E-state index contributed by atoms with van der Waals surface area (Å²) in [5, 5.41) is 4.33. The van der Waals surface area contributed by atoms with Gasteiger partial charge < -0.3 is 8.98 Å². The summed E-state index contributed by atoms with van der Waals surface area (Å²) in [6, 6.07) is 69.6. The molecule has 0 spiro atoms. The summed E-state index contributed by atoms with van der Waals surface area (Å²) in [5.41, 5.74) is 15.3. The Bertz CT molecular complexity index is 3910. The first kappa shape index (κ1) is 41.2. The third-order valence-electron chi connectivity index (χ3n) is 12.8. The smallest absolute Gasteiger partial charge is 0.166 e. The van der Waals surface area contributed by atoms with Gasteiger partial charge in [-0.15, -0.1) is 0 Å². The van der Waals surface area contributed by atoms with E-state index in [1.54, 1.807) is 6.08 Å². The van der Waals surface area contributed by atoms with E-state index >= 15 is 0 Å². The first-order valence-electron chi connectivity index (χ1n) is 23.1. The van der Waals surface area contributed by atoms with Crippen LogP contribution in [0, 0.1) is 0 Å². The van der Waals surface area contributed by atoms with E-state index in [1.807, 2.05) is 61.7 Å². The second-order valence-corrected chi connectivity index (χ2v) is 16.9.